The molecule has 7 nitrogen and oxygen atoms in total. The van der Waals surface area contributed by atoms with Gasteiger partial charge in [-0.1, -0.05) is 18.2 Å². The number of nitrogens with one attached hydrogen (secondary N) is 2. The molecule has 2 heterocycles. The van der Waals surface area contributed by atoms with Gasteiger partial charge in [0.05, 0.1) is 18.7 Å². The fraction of sp³-hybridized carbons (Fsp3) is 0.261. The summed E-state index contributed by atoms with van der Waals surface area (Å²) in [6.45, 7) is 4.12. The molecule has 2 N–H and O–H groups in total. The van der Waals surface area contributed by atoms with Gasteiger partial charge in [-0.2, -0.15) is 5.10 Å². The Bertz CT molecular complexity index is 1130. The molecule has 4 rings (SSSR count). The SMILES string of the molecule is COCc1nn2c(c1-c1ccc(F)cc1)NC(=O)C2CC(=O)Nc1cc(C)cc(C)c1. The summed E-state index contributed by atoms with van der Waals surface area (Å²) < 4.78 is 20.2. The number of anilines is 2. The van der Waals surface area contributed by atoms with Crippen LogP contribution in [0.1, 0.15) is 29.3 Å². The molecule has 3 aromatic rings. The second kappa shape index (κ2) is 8.31. The number of benzene rings is 2. The summed E-state index contributed by atoms with van der Waals surface area (Å²) in [7, 11) is 1.55. The molecule has 0 aliphatic carbocycles. The number of rotatable bonds is 6. The molecule has 0 bridgehead atoms. The van der Waals surface area contributed by atoms with Gasteiger partial charge >= 0.3 is 0 Å². The molecule has 0 radical (unpaired) electrons. The first-order valence-corrected chi connectivity index (χ1v) is 9.91. The Balaban J connectivity index is 1.62. The molecule has 0 saturated heterocycles. The lowest BCUT2D eigenvalue weighted by Gasteiger charge is -2.11. The van der Waals surface area contributed by atoms with Crippen LogP contribution in [-0.2, 0) is 20.9 Å². The van der Waals surface area contributed by atoms with E-state index in [2.05, 4.69) is 15.7 Å². The fourth-order valence-corrected chi connectivity index (χ4v) is 3.91. The Kier molecular flexibility index (Phi) is 5.56. The topological polar surface area (TPSA) is 85.2 Å². The Labute approximate surface area is 179 Å². The van der Waals surface area contributed by atoms with Crippen LogP contribution in [0.25, 0.3) is 11.1 Å². The van der Waals surface area contributed by atoms with Crippen molar-refractivity contribution in [2.45, 2.75) is 32.9 Å². The smallest absolute Gasteiger partial charge is 0.251 e. The van der Waals surface area contributed by atoms with E-state index >= 15 is 0 Å². The van der Waals surface area contributed by atoms with Crippen molar-refractivity contribution in [2.24, 2.45) is 0 Å². The first-order chi connectivity index (χ1) is 14.9. The van der Waals surface area contributed by atoms with Gasteiger partial charge in [0.25, 0.3) is 5.91 Å². The third kappa shape index (κ3) is 4.20. The largest absolute Gasteiger partial charge is 0.378 e. The number of nitrogens with zero attached hydrogens (tertiary/aromatic N) is 2. The third-order valence-electron chi connectivity index (χ3n) is 5.12. The predicted octanol–water partition coefficient (Wildman–Crippen LogP) is 3.97. The number of fused-ring (bicyclic) bond motifs is 1. The highest BCUT2D eigenvalue weighted by molar-refractivity contribution is 6.04. The highest BCUT2D eigenvalue weighted by Gasteiger charge is 2.37. The van der Waals surface area contributed by atoms with Gasteiger partial charge in [-0.25, -0.2) is 9.07 Å². The number of halogens is 1. The normalized spacial score (nSPS) is 15.0. The Morgan fingerprint density at radius 2 is 1.87 bits per heavy atom. The summed E-state index contributed by atoms with van der Waals surface area (Å²) in [4.78, 5) is 25.3. The zero-order chi connectivity index (χ0) is 22.1. The van der Waals surface area contributed by atoms with Gasteiger partial charge in [0.1, 0.15) is 17.7 Å². The molecule has 1 aromatic heterocycles. The molecule has 1 aliphatic rings. The summed E-state index contributed by atoms with van der Waals surface area (Å²) in [5.74, 6) is -0.478. The minimum absolute atomic E-state index is 0.0667. The van der Waals surface area contributed by atoms with E-state index in [1.807, 2.05) is 32.0 Å². The van der Waals surface area contributed by atoms with Gasteiger partial charge in [0, 0.05) is 18.4 Å². The molecule has 31 heavy (non-hydrogen) atoms. The molecule has 2 aromatic carbocycles. The molecule has 1 atom stereocenters. The fourth-order valence-electron chi connectivity index (χ4n) is 3.91. The average molecular weight is 422 g/mol. The molecule has 0 spiro atoms. The van der Waals surface area contributed by atoms with E-state index in [4.69, 9.17) is 4.74 Å². The molecule has 1 unspecified atom stereocenters. The van der Waals surface area contributed by atoms with Crippen LogP contribution < -0.4 is 10.6 Å². The lowest BCUT2D eigenvalue weighted by molar-refractivity contribution is -0.123. The van der Waals surface area contributed by atoms with Crippen molar-refractivity contribution in [1.29, 1.82) is 0 Å². The van der Waals surface area contributed by atoms with Crippen molar-refractivity contribution in [2.75, 3.05) is 17.7 Å². The van der Waals surface area contributed by atoms with Crippen LogP contribution in [0, 0.1) is 19.7 Å². The number of carbonyl (C=O) groups excluding carboxylic acids is 2. The molecular formula is C23H23FN4O3. The Hall–Kier alpha value is -3.52. The van der Waals surface area contributed by atoms with Crippen molar-refractivity contribution in [1.82, 2.24) is 9.78 Å². The Morgan fingerprint density at radius 1 is 1.19 bits per heavy atom. The average Bonchev–Trinajstić information content (AvgIpc) is 3.17. The summed E-state index contributed by atoms with van der Waals surface area (Å²) >= 11 is 0. The van der Waals surface area contributed by atoms with E-state index in [0.717, 1.165) is 11.1 Å². The summed E-state index contributed by atoms with van der Waals surface area (Å²) in [6.07, 6.45) is -0.0667. The van der Waals surface area contributed by atoms with Crippen LogP contribution in [0.4, 0.5) is 15.9 Å². The van der Waals surface area contributed by atoms with Crippen molar-refractivity contribution in [3.05, 3.63) is 65.1 Å². The maximum Gasteiger partial charge on any atom is 0.251 e. The zero-order valence-corrected chi connectivity index (χ0v) is 17.5. The van der Waals surface area contributed by atoms with Crippen LogP contribution in [0.5, 0.6) is 0 Å². The maximum atomic E-state index is 13.4. The third-order valence-corrected chi connectivity index (χ3v) is 5.12. The lowest BCUT2D eigenvalue weighted by Crippen LogP contribution is -2.24. The first-order valence-electron chi connectivity index (χ1n) is 9.91. The zero-order valence-electron chi connectivity index (χ0n) is 17.5. The molecular weight excluding hydrogens is 399 g/mol. The van der Waals surface area contributed by atoms with Crippen LogP contribution >= 0.6 is 0 Å². The molecule has 0 fully saturated rings. The lowest BCUT2D eigenvalue weighted by atomic mass is 10.1. The predicted molar refractivity (Wildman–Crippen MR) is 115 cm³/mol. The minimum atomic E-state index is -0.786. The number of amides is 2. The maximum absolute atomic E-state index is 13.4. The van der Waals surface area contributed by atoms with E-state index in [9.17, 15) is 14.0 Å². The van der Waals surface area contributed by atoms with Crippen molar-refractivity contribution in [3.8, 4) is 11.1 Å². The summed E-state index contributed by atoms with van der Waals surface area (Å²) in [5.41, 5.74) is 4.73. The van der Waals surface area contributed by atoms with Crippen LogP contribution in [0.3, 0.4) is 0 Å². The van der Waals surface area contributed by atoms with Gasteiger partial charge in [-0.15, -0.1) is 0 Å². The summed E-state index contributed by atoms with van der Waals surface area (Å²) in [6, 6.07) is 10.9. The molecule has 160 valence electrons. The second-order valence-corrected chi connectivity index (χ2v) is 7.69. The quantitative estimate of drug-likeness (QED) is 0.629. The second-order valence-electron chi connectivity index (χ2n) is 7.69. The standard InChI is InChI=1S/C23H23FN4O3/c1-13-8-14(2)10-17(9-13)25-20(29)11-19-23(30)26-22-21(15-4-6-16(24)7-5-15)18(12-31-3)27-28(19)22/h4-10,19H,11-12H2,1-3H3,(H,25,29)(H,26,30). The van der Waals surface area contributed by atoms with E-state index in [-0.39, 0.29) is 30.7 Å². The van der Waals surface area contributed by atoms with Crippen molar-refractivity contribution in [3.63, 3.8) is 0 Å². The van der Waals surface area contributed by atoms with Crippen molar-refractivity contribution < 1.29 is 18.7 Å². The van der Waals surface area contributed by atoms with E-state index < -0.39 is 6.04 Å². The number of ether oxygens (including phenoxy) is 1. The highest BCUT2D eigenvalue weighted by atomic mass is 19.1. The number of aryl methyl sites for hydroxylation is 2. The van der Waals surface area contributed by atoms with Gasteiger partial charge in [-0.3, -0.25) is 9.59 Å². The van der Waals surface area contributed by atoms with E-state index in [1.165, 1.54) is 16.8 Å². The van der Waals surface area contributed by atoms with Gasteiger partial charge in [0.2, 0.25) is 5.91 Å². The number of aromatic nitrogens is 2. The first kappa shape index (κ1) is 20.7. The number of carbonyl (C=O) groups is 2. The van der Waals surface area contributed by atoms with E-state index in [1.54, 1.807) is 19.2 Å². The van der Waals surface area contributed by atoms with Crippen LogP contribution in [0.2, 0.25) is 0 Å². The number of hydrogen-bond donors (Lipinski definition) is 2. The molecule has 1 aliphatic heterocycles. The van der Waals surface area contributed by atoms with Crippen molar-refractivity contribution >= 4 is 23.3 Å². The van der Waals surface area contributed by atoms with Crippen LogP contribution in [0.15, 0.2) is 42.5 Å². The highest BCUT2D eigenvalue weighted by Crippen LogP contribution is 2.39. The van der Waals surface area contributed by atoms with Crippen LogP contribution in [-0.4, -0.2) is 28.7 Å². The Morgan fingerprint density at radius 3 is 2.52 bits per heavy atom. The molecule has 8 heteroatoms. The van der Waals surface area contributed by atoms with E-state index in [0.29, 0.717) is 28.3 Å². The number of methoxy groups -OCH3 is 1. The minimum Gasteiger partial charge on any atom is -0.378 e. The number of hydrogen-bond acceptors (Lipinski definition) is 4. The van der Waals surface area contributed by atoms with Gasteiger partial charge in [-0.05, 0) is 54.8 Å². The van der Waals surface area contributed by atoms with Gasteiger partial charge in [0.15, 0.2) is 0 Å². The molecule has 2 amide bonds. The molecule has 0 saturated carbocycles. The monoisotopic (exact) mass is 422 g/mol. The summed E-state index contributed by atoms with van der Waals surface area (Å²) in [5, 5.41) is 10.2. The van der Waals surface area contributed by atoms with Gasteiger partial charge < -0.3 is 15.4 Å².